The summed E-state index contributed by atoms with van der Waals surface area (Å²) in [7, 11) is 2.29. The smallest absolute Gasteiger partial charge is 0.0496 e. The van der Waals surface area contributed by atoms with E-state index in [1.807, 2.05) is 11.8 Å². The molecule has 2 atom stereocenters. The van der Waals surface area contributed by atoms with Crippen molar-refractivity contribution < 1.29 is 0 Å². The zero-order chi connectivity index (χ0) is 12.3. The fraction of sp³-hybridized carbons (Fsp3) is 1.00. The first-order valence-electron chi connectivity index (χ1n) is 6.89. The highest BCUT2D eigenvalue weighted by atomic mass is 32.2. The molecule has 0 radical (unpaired) electrons. The molecule has 2 fully saturated rings. The van der Waals surface area contributed by atoms with Gasteiger partial charge in [0.05, 0.1) is 0 Å². The summed E-state index contributed by atoms with van der Waals surface area (Å²) in [6, 6.07) is 0.728. The molecule has 2 unspecified atom stereocenters. The first-order valence-corrected chi connectivity index (χ1v) is 8.28. The van der Waals surface area contributed by atoms with Crippen LogP contribution in [0.15, 0.2) is 0 Å². The molecule has 17 heavy (non-hydrogen) atoms. The van der Waals surface area contributed by atoms with Crippen molar-refractivity contribution >= 4 is 11.8 Å². The van der Waals surface area contributed by atoms with Crippen LogP contribution >= 0.6 is 11.8 Å². The van der Waals surface area contributed by atoms with Gasteiger partial charge in [0.1, 0.15) is 0 Å². The fourth-order valence-electron chi connectivity index (χ4n) is 3.71. The third-order valence-electron chi connectivity index (χ3n) is 4.77. The molecule has 0 spiro atoms. The Morgan fingerprint density at radius 2 is 2.29 bits per heavy atom. The van der Waals surface area contributed by atoms with Gasteiger partial charge >= 0.3 is 0 Å². The molecular weight excluding hydrogens is 230 g/mol. The second-order valence-electron chi connectivity index (χ2n) is 5.52. The largest absolute Gasteiger partial charge is 0.329 e. The number of hydrogen-bond donors (Lipinski definition) is 1. The maximum absolute atomic E-state index is 6.16. The van der Waals surface area contributed by atoms with Crippen molar-refractivity contribution in [1.29, 1.82) is 0 Å². The molecule has 0 aromatic heterocycles. The van der Waals surface area contributed by atoms with Gasteiger partial charge in [0.2, 0.25) is 0 Å². The van der Waals surface area contributed by atoms with Crippen molar-refractivity contribution in [2.75, 3.05) is 45.2 Å². The maximum Gasteiger partial charge on any atom is 0.0496 e. The summed E-state index contributed by atoms with van der Waals surface area (Å²) in [6.07, 6.45) is 7.46. The van der Waals surface area contributed by atoms with E-state index in [2.05, 4.69) is 23.1 Å². The number of thioether (sulfide) groups is 1. The molecule has 0 aromatic carbocycles. The predicted octanol–water partition coefficient (Wildman–Crippen LogP) is 1.24. The molecule has 0 bridgehead atoms. The van der Waals surface area contributed by atoms with Gasteiger partial charge in [-0.15, -0.1) is 0 Å². The lowest BCUT2D eigenvalue weighted by Crippen LogP contribution is -2.58. The summed E-state index contributed by atoms with van der Waals surface area (Å²) in [6.45, 7) is 4.58. The van der Waals surface area contributed by atoms with Crippen molar-refractivity contribution in [2.45, 2.75) is 37.3 Å². The minimum Gasteiger partial charge on any atom is -0.329 e. The standard InChI is InChI=1S/C13H27N3S/c1-15(7-4-10-17-2)13(11-14)6-9-16-8-3-5-12(13)16/h12H,3-11,14H2,1-2H3. The lowest BCUT2D eigenvalue weighted by molar-refractivity contribution is 0.0913. The number of hydrogen-bond acceptors (Lipinski definition) is 4. The van der Waals surface area contributed by atoms with Gasteiger partial charge in [-0.25, -0.2) is 0 Å². The van der Waals surface area contributed by atoms with Crippen LogP contribution in [0.25, 0.3) is 0 Å². The van der Waals surface area contributed by atoms with Crippen LogP contribution in [0, 0.1) is 0 Å². The van der Waals surface area contributed by atoms with E-state index >= 15 is 0 Å². The van der Waals surface area contributed by atoms with E-state index in [1.54, 1.807) is 0 Å². The summed E-state index contributed by atoms with van der Waals surface area (Å²) in [5.41, 5.74) is 6.43. The van der Waals surface area contributed by atoms with E-state index in [9.17, 15) is 0 Å². The van der Waals surface area contributed by atoms with Gasteiger partial charge in [-0.2, -0.15) is 11.8 Å². The molecule has 3 nitrogen and oxygen atoms in total. The molecule has 0 amide bonds. The normalized spacial score (nSPS) is 33.5. The van der Waals surface area contributed by atoms with Crippen LogP contribution in [-0.2, 0) is 0 Å². The van der Waals surface area contributed by atoms with Crippen LogP contribution in [-0.4, -0.2) is 66.6 Å². The van der Waals surface area contributed by atoms with Crippen molar-refractivity contribution in [1.82, 2.24) is 9.80 Å². The average Bonchev–Trinajstić information content (AvgIpc) is 2.90. The van der Waals surface area contributed by atoms with Gasteiger partial charge in [0.15, 0.2) is 0 Å². The van der Waals surface area contributed by atoms with E-state index in [0.29, 0.717) is 0 Å². The number of rotatable bonds is 6. The van der Waals surface area contributed by atoms with Gasteiger partial charge < -0.3 is 5.73 Å². The zero-order valence-electron chi connectivity index (χ0n) is 11.3. The molecular formula is C13H27N3S. The molecule has 4 heteroatoms. The van der Waals surface area contributed by atoms with E-state index in [4.69, 9.17) is 5.73 Å². The van der Waals surface area contributed by atoms with E-state index in [-0.39, 0.29) is 5.54 Å². The third kappa shape index (κ3) is 2.50. The highest BCUT2D eigenvalue weighted by Crippen LogP contribution is 2.39. The molecule has 2 aliphatic heterocycles. The van der Waals surface area contributed by atoms with Crippen molar-refractivity contribution in [3.05, 3.63) is 0 Å². The van der Waals surface area contributed by atoms with Crippen LogP contribution in [0.2, 0.25) is 0 Å². The summed E-state index contributed by atoms with van der Waals surface area (Å²) in [4.78, 5) is 5.23. The van der Waals surface area contributed by atoms with Crippen molar-refractivity contribution in [3.63, 3.8) is 0 Å². The summed E-state index contributed by atoms with van der Waals surface area (Å²) in [5, 5.41) is 0. The van der Waals surface area contributed by atoms with Crippen LogP contribution in [0.3, 0.4) is 0 Å². The summed E-state index contributed by atoms with van der Waals surface area (Å²) in [5.74, 6) is 1.26. The van der Waals surface area contributed by atoms with Crippen molar-refractivity contribution in [3.8, 4) is 0 Å². The first-order chi connectivity index (χ1) is 8.24. The Hall–Kier alpha value is 0.230. The minimum absolute atomic E-state index is 0.273. The highest BCUT2D eigenvalue weighted by molar-refractivity contribution is 7.98. The fourth-order valence-corrected chi connectivity index (χ4v) is 4.13. The summed E-state index contributed by atoms with van der Waals surface area (Å²) >= 11 is 1.94. The van der Waals surface area contributed by atoms with E-state index < -0.39 is 0 Å². The van der Waals surface area contributed by atoms with Crippen LogP contribution < -0.4 is 5.73 Å². The molecule has 2 N–H and O–H groups in total. The molecule has 0 saturated carbocycles. The second kappa shape index (κ2) is 5.91. The molecule has 0 aromatic rings. The first kappa shape index (κ1) is 13.7. The second-order valence-corrected chi connectivity index (χ2v) is 6.51. The third-order valence-corrected chi connectivity index (χ3v) is 5.47. The Kier molecular flexibility index (Phi) is 4.75. The van der Waals surface area contributed by atoms with Gasteiger partial charge in [-0.3, -0.25) is 9.80 Å². The lowest BCUT2D eigenvalue weighted by Gasteiger charge is -2.42. The maximum atomic E-state index is 6.16. The highest BCUT2D eigenvalue weighted by Gasteiger charge is 2.50. The van der Waals surface area contributed by atoms with Crippen molar-refractivity contribution in [2.24, 2.45) is 5.73 Å². The minimum atomic E-state index is 0.273. The molecule has 2 saturated heterocycles. The van der Waals surface area contributed by atoms with Gasteiger partial charge in [-0.1, -0.05) is 0 Å². The number of fused-ring (bicyclic) bond motifs is 1. The van der Waals surface area contributed by atoms with Gasteiger partial charge in [0, 0.05) is 24.7 Å². The molecule has 2 aliphatic rings. The topological polar surface area (TPSA) is 32.5 Å². The lowest BCUT2D eigenvalue weighted by atomic mass is 9.87. The zero-order valence-corrected chi connectivity index (χ0v) is 12.1. The number of nitrogens with zero attached hydrogens (tertiary/aromatic N) is 2. The van der Waals surface area contributed by atoms with Gasteiger partial charge in [-0.05, 0) is 57.8 Å². The monoisotopic (exact) mass is 257 g/mol. The Labute approximate surface area is 110 Å². The van der Waals surface area contributed by atoms with E-state index in [0.717, 1.165) is 12.6 Å². The van der Waals surface area contributed by atoms with Gasteiger partial charge in [0.25, 0.3) is 0 Å². The Morgan fingerprint density at radius 1 is 1.47 bits per heavy atom. The quantitative estimate of drug-likeness (QED) is 0.726. The Morgan fingerprint density at radius 3 is 3.00 bits per heavy atom. The SMILES string of the molecule is CSCCCN(C)C1(CN)CCN2CCCC21. The Balaban J connectivity index is 1.98. The molecule has 2 heterocycles. The molecule has 2 rings (SSSR count). The predicted molar refractivity (Wildman–Crippen MR) is 76.6 cm³/mol. The molecule has 100 valence electrons. The Bertz CT molecular complexity index is 249. The number of nitrogens with two attached hydrogens (primary N) is 1. The van der Waals surface area contributed by atoms with Crippen LogP contribution in [0.4, 0.5) is 0 Å². The summed E-state index contributed by atoms with van der Waals surface area (Å²) < 4.78 is 0. The average molecular weight is 257 g/mol. The number of likely N-dealkylation sites (N-methyl/N-ethyl adjacent to an activating group) is 1. The van der Waals surface area contributed by atoms with Crippen LogP contribution in [0.5, 0.6) is 0 Å². The molecule has 0 aliphatic carbocycles. The van der Waals surface area contributed by atoms with Crippen LogP contribution in [0.1, 0.15) is 25.7 Å². The van der Waals surface area contributed by atoms with E-state index in [1.165, 1.54) is 51.1 Å².